The Bertz CT molecular complexity index is 1340. The molecule has 1 aliphatic rings. The number of nitrogens with zero attached hydrogens (tertiary/aromatic N) is 1. The Morgan fingerprint density at radius 3 is 2.84 bits per heavy atom. The van der Waals surface area contributed by atoms with Gasteiger partial charge in [-0.05, 0) is 43.0 Å². The van der Waals surface area contributed by atoms with Crippen LogP contribution in [0.3, 0.4) is 0 Å². The van der Waals surface area contributed by atoms with Crippen LogP contribution in [0, 0.1) is 5.41 Å². The number of para-hydroxylation sites is 1. The fraction of sp³-hybridized carbons (Fsp3) is 0.385. The Balaban J connectivity index is 1.64. The normalized spacial score (nSPS) is 18.4. The van der Waals surface area contributed by atoms with E-state index < -0.39 is 0 Å². The first-order chi connectivity index (χ1) is 15.4. The molecule has 5 nitrogen and oxygen atoms in total. The molecule has 1 aliphatic heterocycles. The summed E-state index contributed by atoms with van der Waals surface area (Å²) in [4.78, 5) is 19.6. The molecule has 5 rings (SSSR count). The van der Waals surface area contributed by atoms with Gasteiger partial charge in [0.2, 0.25) is 5.43 Å². The Hall–Kier alpha value is -2.70. The summed E-state index contributed by atoms with van der Waals surface area (Å²) < 4.78 is 7.11. The van der Waals surface area contributed by atoms with Crippen LogP contribution in [0.25, 0.3) is 31.8 Å². The fourth-order valence-electron chi connectivity index (χ4n) is 5.03. The van der Waals surface area contributed by atoms with Crippen LogP contribution >= 0.6 is 11.3 Å². The molecular weight excluding hydrogens is 420 g/mol. The molecule has 2 aromatic heterocycles. The molecule has 4 aromatic rings. The SMILES string of the molecule is CCc1cc2c(=O)c(-c3nc4ccccc4s3)coc2c(C[NH+]2CCCC(C)(C)C2)c1O. The predicted octanol–water partition coefficient (Wildman–Crippen LogP) is 4.54. The highest BCUT2D eigenvalue weighted by molar-refractivity contribution is 7.21. The number of rotatable bonds is 4. The van der Waals surface area contributed by atoms with E-state index in [1.54, 1.807) is 6.07 Å². The molecule has 3 heterocycles. The van der Waals surface area contributed by atoms with E-state index >= 15 is 0 Å². The van der Waals surface area contributed by atoms with Gasteiger partial charge < -0.3 is 14.4 Å². The molecule has 1 unspecified atom stereocenters. The maximum absolute atomic E-state index is 13.6. The minimum atomic E-state index is -0.0877. The van der Waals surface area contributed by atoms with E-state index in [1.807, 2.05) is 31.2 Å². The number of piperidine rings is 1. The Labute approximate surface area is 191 Å². The maximum atomic E-state index is 13.6. The number of aryl methyl sites for hydroxylation is 1. The van der Waals surface area contributed by atoms with Crippen molar-refractivity contribution in [3.05, 3.63) is 57.9 Å². The van der Waals surface area contributed by atoms with Gasteiger partial charge in [-0.25, -0.2) is 4.98 Å². The zero-order valence-electron chi connectivity index (χ0n) is 18.8. The smallest absolute Gasteiger partial charge is 0.202 e. The first-order valence-electron chi connectivity index (χ1n) is 11.3. The summed E-state index contributed by atoms with van der Waals surface area (Å²) in [6.45, 7) is 9.37. The first kappa shape index (κ1) is 21.2. The number of hydrogen-bond acceptors (Lipinski definition) is 5. The van der Waals surface area contributed by atoms with Crippen LogP contribution < -0.4 is 10.3 Å². The zero-order valence-corrected chi connectivity index (χ0v) is 19.6. The minimum absolute atomic E-state index is 0.0877. The van der Waals surface area contributed by atoms with Crippen LogP contribution in [0.2, 0.25) is 0 Å². The molecule has 2 N–H and O–H groups in total. The third kappa shape index (κ3) is 3.71. The molecule has 0 aliphatic carbocycles. The lowest BCUT2D eigenvalue weighted by molar-refractivity contribution is -0.925. The number of aromatic hydroxyl groups is 1. The van der Waals surface area contributed by atoms with E-state index in [2.05, 4.69) is 18.8 Å². The van der Waals surface area contributed by atoms with Gasteiger partial charge in [0.25, 0.3) is 0 Å². The molecule has 0 saturated carbocycles. The van der Waals surface area contributed by atoms with E-state index in [0.717, 1.165) is 34.4 Å². The number of likely N-dealkylation sites (tertiary alicyclic amines) is 1. The lowest BCUT2D eigenvalue weighted by Gasteiger charge is -2.35. The highest BCUT2D eigenvalue weighted by Crippen LogP contribution is 2.34. The van der Waals surface area contributed by atoms with Gasteiger partial charge >= 0.3 is 0 Å². The Morgan fingerprint density at radius 2 is 2.09 bits per heavy atom. The number of hydrogen-bond donors (Lipinski definition) is 2. The van der Waals surface area contributed by atoms with Crippen molar-refractivity contribution in [2.75, 3.05) is 13.1 Å². The van der Waals surface area contributed by atoms with Gasteiger partial charge in [0.15, 0.2) is 0 Å². The molecule has 1 saturated heterocycles. The van der Waals surface area contributed by atoms with Crippen LogP contribution in [0.5, 0.6) is 5.75 Å². The van der Waals surface area contributed by atoms with E-state index in [4.69, 9.17) is 4.42 Å². The molecule has 0 bridgehead atoms. The molecule has 1 fully saturated rings. The summed E-state index contributed by atoms with van der Waals surface area (Å²) in [5, 5.41) is 12.2. The summed E-state index contributed by atoms with van der Waals surface area (Å²) in [5.41, 5.74) is 3.59. The molecule has 1 atom stereocenters. The number of quaternary nitrogens is 1. The van der Waals surface area contributed by atoms with Gasteiger partial charge in [-0.1, -0.05) is 32.9 Å². The summed E-state index contributed by atoms with van der Waals surface area (Å²) in [5.74, 6) is 0.270. The standard InChI is InChI=1S/C26H28N2O3S/c1-4-16-12-17-23(30)19(25-27-20-8-5-6-9-21(20)32-25)14-31-24(17)18(22(16)29)13-28-11-7-10-26(2,3)15-28/h5-6,8-9,12,14,29H,4,7,10-11,13,15H2,1-3H3/p+1. The van der Waals surface area contributed by atoms with Crippen LogP contribution in [-0.2, 0) is 13.0 Å². The second kappa shape index (κ2) is 8.01. The lowest BCUT2D eigenvalue weighted by atomic mass is 9.84. The molecule has 0 spiro atoms. The van der Waals surface area contributed by atoms with Crippen molar-refractivity contribution in [3.63, 3.8) is 0 Å². The summed E-state index contributed by atoms with van der Waals surface area (Å²) in [7, 11) is 0. The van der Waals surface area contributed by atoms with Crippen molar-refractivity contribution in [2.45, 2.75) is 46.6 Å². The van der Waals surface area contributed by atoms with E-state index in [1.165, 1.54) is 35.3 Å². The van der Waals surface area contributed by atoms with Crippen LogP contribution in [-0.4, -0.2) is 23.2 Å². The maximum Gasteiger partial charge on any atom is 0.202 e. The number of thiazole rings is 1. The number of phenols is 1. The quantitative estimate of drug-likeness (QED) is 0.480. The van der Waals surface area contributed by atoms with Gasteiger partial charge in [0.05, 0.1) is 39.8 Å². The average Bonchev–Trinajstić information content (AvgIpc) is 3.19. The monoisotopic (exact) mass is 449 g/mol. The van der Waals surface area contributed by atoms with E-state index in [9.17, 15) is 9.90 Å². The summed E-state index contributed by atoms with van der Waals surface area (Å²) in [6.07, 6.45) is 4.56. The van der Waals surface area contributed by atoms with Gasteiger partial charge in [0.1, 0.15) is 29.1 Å². The number of fused-ring (bicyclic) bond motifs is 2. The van der Waals surface area contributed by atoms with E-state index in [0.29, 0.717) is 34.5 Å². The first-order valence-corrected chi connectivity index (χ1v) is 12.2. The third-order valence-corrected chi connectivity index (χ3v) is 7.73. The molecule has 6 heteroatoms. The highest BCUT2D eigenvalue weighted by Gasteiger charge is 2.31. The number of nitrogens with one attached hydrogen (secondary N) is 1. The van der Waals surface area contributed by atoms with Crippen molar-refractivity contribution in [1.82, 2.24) is 4.98 Å². The van der Waals surface area contributed by atoms with Crippen molar-refractivity contribution in [2.24, 2.45) is 5.41 Å². The molecule has 32 heavy (non-hydrogen) atoms. The number of aromatic nitrogens is 1. The van der Waals surface area contributed by atoms with Gasteiger partial charge in [-0.2, -0.15) is 0 Å². The summed E-state index contributed by atoms with van der Waals surface area (Å²) >= 11 is 1.49. The summed E-state index contributed by atoms with van der Waals surface area (Å²) in [6, 6.07) is 9.67. The third-order valence-electron chi connectivity index (χ3n) is 6.66. The van der Waals surface area contributed by atoms with Crippen molar-refractivity contribution >= 4 is 32.5 Å². The second-order valence-electron chi connectivity index (χ2n) is 9.68. The number of benzene rings is 2. The zero-order chi connectivity index (χ0) is 22.5. The topological polar surface area (TPSA) is 67.8 Å². The lowest BCUT2D eigenvalue weighted by Crippen LogP contribution is -3.13. The molecule has 0 radical (unpaired) electrons. The van der Waals surface area contributed by atoms with E-state index in [-0.39, 0.29) is 16.6 Å². The van der Waals surface area contributed by atoms with Gasteiger partial charge in [0, 0.05) is 5.41 Å². The van der Waals surface area contributed by atoms with Crippen LogP contribution in [0.4, 0.5) is 0 Å². The minimum Gasteiger partial charge on any atom is -0.507 e. The largest absolute Gasteiger partial charge is 0.507 e. The number of phenolic OH excluding ortho intramolecular Hbond substituents is 1. The predicted molar refractivity (Wildman–Crippen MR) is 130 cm³/mol. The molecular formula is C26H29N2O3S+. The molecule has 0 amide bonds. The second-order valence-corrected chi connectivity index (χ2v) is 10.7. The molecule has 2 aromatic carbocycles. The van der Waals surface area contributed by atoms with Crippen molar-refractivity contribution in [1.29, 1.82) is 0 Å². The van der Waals surface area contributed by atoms with Crippen molar-refractivity contribution in [3.8, 4) is 16.3 Å². The van der Waals surface area contributed by atoms with Crippen LogP contribution in [0.1, 0.15) is 44.7 Å². The highest BCUT2D eigenvalue weighted by atomic mass is 32.1. The van der Waals surface area contributed by atoms with Gasteiger partial charge in [-0.15, -0.1) is 11.3 Å². The Morgan fingerprint density at radius 1 is 1.28 bits per heavy atom. The molecule has 166 valence electrons. The van der Waals surface area contributed by atoms with Gasteiger partial charge in [-0.3, -0.25) is 4.79 Å². The van der Waals surface area contributed by atoms with Crippen molar-refractivity contribution < 1.29 is 14.4 Å². The Kier molecular flexibility index (Phi) is 5.30. The average molecular weight is 450 g/mol. The fourth-order valence-corrected chi connectivity index (χ4v) is 6.00. The van der Waals surface area contributed by atoms with Crippen LogP contribution in [0.15, 0.2) is 45.8 Å².